The van der Waals surface area contributed by atoms with E-state index < -0.39 is 0 Å². The Hall–Kier alpha value is -0.450. The topological polar surface area (TPSA) is 29.3 Å². The summed E-state index contributed by atoms with van der Waals surface area (Å²) in [7, 11) is 2.10. The fourth-order valence-corrected chi connectivity index (χ4v) is 3.64. The minimum Gasteiger partial charge on any atom is -0.389 e. The second kappa shape index (κ2) is 5.46. The van der Waals surface area contributed by atoms with E-state index in [2.05, 4.69) is 11.9 Å². The van der Waals surface area contributed by atoms with Gasteiger partial charge in [0.25, 0.3) is 0 Å². The summed E-state index contributed by atoms with van der Waals surface area (Å²) < 4.78 is 0. The molecule has 1 atom stereocenters. The number of hydrogen-bond acceptors (Lipinski definition) is 3. The van der Waals surface area contributed by atoms with Gasteiger partial charge in [-0.3, -0.25) is 0 Å². The summed E-state index contributed by atoms with van der Waals surface area (Å²) in [5.41, 5.74) is 7.71. The van der Waals surface area contributed by atoms with E-state index in [4.69, 9.17) is 29.6 Å². The Kier molecular flexibility index (Phi) is 4.17. The molecule has 1 unspecified atom stereocenters. The first kappa shape index (κ1) is 13.0. The summed E-state index contributed by atoms with van der Waals surface area (Å²) >= 11 is 13.1. The average molecular weight is 287 g/mol. The zero-order valence-electron chi connectivity index (χ0n) is 9.65. The van der Waals surface area contributed by atoms with Gasteiger partial charge in [-0.15, -0.1) is 0 Å². The molecule has 1 fully saturated rings. The molecular weight excluding hydrogens is 272 g/mol. The zero-order chi connectivity index (χ0) is 12.4. The molecule has 0 aliphatic carbocycles. The van der Waals surface area contributed by atoms with E-state index in [1.165, 1.54) is 12.2 Å². The molecule has 92 valence electrons. The first-order chi connectivity index (χ1) is 8.09. The highest BCUT2D eigenvalue weighted by molar-refractivity contribution is 7.99. The smallest absolute Gasteiger partial charge is 0.106 e. The van der Waals surface area contributed by atoms with Crippen molar-refractivity contribution in [1.29, 1.82) is 0 Å². The molecule has 0 amide bonds. The fraction of sp³-hybridized carbons (Fsp3) is 0.417. The molecule has 0 spiro atoms. The third kappa shape index (κ3) is 2.87. The maximum atomic E-state index is 5.99. The molecule has 17 heavy (non-hydrogen) atoms. The number of nitrogens with zero attached hydrogens (tertiary/aromatic N) is 1. The summed E-state index contributed by atoms with van der Waals surface area (Å²) in [6.45, 7) is 0. The van der Waals surface area contributed by atoms with Crippen molar-refractivity contribution in [3.05, 3.63) is 28.8 Å². The van der Waals surface area contributed by atoms with Crippen LogP contribution in [-0.2, 0) is 0 Å². The van der Waals surface area contributed by atoms with Gasteiger partial charge >= 0.3 is 0 Å². The average Bonchev–Trinajstić information content (AvgIpc) is 2.81. The summed E-state index contributed by atoms with van der Waals surface area (Å²) in [4.78, 5) is 2.67. The lowest BCUT2D eigenvalue weighted by Gasteiger charge is -2.28. The van der Waals surface area contributed by atoms with Gasteiger partial charge < -0.3 is 10.6 Å². The van der Waals surface area contributed by atoms with Gasteiger partial charge in [-0.2, -0.15) is 11.8 Å². The van der Waals surface area contributed by atoms with Crippen LogP contribution in [0.25, 0.3) is 0 Å². The number of benzene rings is 1. The lowest BCUT2D eigenvalue weighted by Crippen LogP contribution is -2.33. The molecular formula is C12H15ClN2S2. The van der Waals surface area contributed by atoms with Gasteiger partial charge in [-0.25, -0.2) is 0 Å². The molecule has 2 nitrogen and oxygen atoms in total. The van der Waals surface area contributed by atoms with Crippen LogP contribution in [0.2, 0.25) is 5.02 Å². The predicted octanol–water partition coefficient (Wildman–Crippen LogP) is 2.92. The number of hydrogen-bond donors (Lipinski definition) is 1. The third-order valence-corrected chi connectivity index (χ3v) is 4.66. The van der Waals surface area contributed by atoms with Crippen molar-refractivity contribution in [2.45, 2.75) is 12.5 Å². The first-order valence-corrected chi connectivity index (χ1v) is 7.43. The summed E-state index contributed by atoms with van der Waals surface area (Å²) in [5, 5.41) is 0.672. The highest BCUT2D eigenvalue weighted by atomic mass is 35.5. The van der Waals surface area contributed by atoms with E-state index in [1.807, 2.05) is 30.0 Å². The number of rotatable bonds is 3. The Morgan fingerprint density at radius 1 is 1.59 bits per heavy atom. The quantitative estimate of drug-likeness (QED) is 0.865. The second-order valence-electron chi connectivity index (χ2n) is 4.15. The Balaban J connectivity index is 2.33. The van der Waals surface area contributed by atoms with Crippen molar-refractivity contribution < 1.29 is 0 Å². The molecule has 5 heteroatoms. The van der Waals surface area contributed by atoms with Gasteiger partial charge in [0.1, 0.15) is 4.99 Å². The van der Waals surface area contributed by atoms with E-state index in [0.29, 0.717) is 16.1 Å². The van der Waals surface area contributed by atoms with Crippen molar-refractivity contribution in [1.82, 2.24) is 0 Å². The molecule has 0 bridgehead atoms. The van der Waals surface area contributed by atoms with Crippen molar-refractivity contribution in [2.24, 2.45) is 5.73 Å². The molecule has 0 aromatic heterocycles. The maximum Gasteiger partial charge on any atom is 0.106 e. The van der Waals surface area contributed by atoms with E-state index in [0.717, 1.165) is 17.0 Å². The lowest BCUT2D eigenvalue weighted by molar-refractivity contribution is 0.700. The Morgan fingerprint density at radius 3 is 2.94 bits per heavy atom. The summed E-state index contributed by atoms with van der Waals surface area (Å²) in [6, 6.07) is 6.30. The van der Waals surface area contributed by atoms with Crippen LogP contribution >= 0.6 is 35.6 Å². The molecule has 1 saturated heterocycles. The van der Waals surface area contributed by atoms with Gasteiger partial charge in [0.05, 0.1) is 0 Å². The molecule has 1 aromatic carbocycles. The third-order valence-electron chi connectivity index (χ3n) is 3.06. The predicted molar refractivity (Wildman–Crippen MR) is 81.5 cm³/mol. The van der Waals surface area contributed by atoms with Crippen LogP contribution in [0.3, 0.4) is 0 Å². The van der Waals surface area contributed by atoms with Crippen molar-refractivity contribution >= 4 is 46.3 Å². The molecule has 1 heterocycles. The molecule has 2 rings (SSSR count). The first-order valence-electron chi connectivity index (χ1n) is 5.49. The van der Waals surface area contributed by atoms with Crippen LogP contribution in [0, 0.1) is 0 Å². The Morgan fingerprint density at radius 2 is 2.35 bits per heavy atom. The molecule has 1 aliphatic rings. The molecule has 0 saturated carbocycles. The van der Waals surface area contributed by atoms with Crippen molar-refractivity contribution in [3.63, 3.8) is 0 Å². The molecule has 1 aromatic rings. The van der Waals surface area contributed by atoms with E-state index in [1.54, 1.807) is 0 Å². The van der Waals surface area contributed by atoms with Gasteiger partial charge in [0.15, 0.2) is 0 Å². The van der Waals surface area contributed by atoms with E-state index >= 15 is 0 Å². The highest BCUT2D eigenvalue weighted by Gasteiger charge is 2.22. The zero-order valence-corrected chi connectivity index (χ0v) is 12.0. The number of thioether (sulfide) groups is 1. The summed E-state index contributed by atoms with van der Waals surface area (Å²) in [5.74, 6) is 2.39. The minimum atomic E-state index is 0.403. The fourth-order valence-electron chi connectivity index (χ4n) is 2.04. The van der Waals surface area contributed by atoms with Gasteiger partial charge in [-0.05, 0) is 30.4 Å². The lowest BCUT2D eigenvalue weighted by atomic mass is 10.1. The van der Waals surface area contributed by atoms with Crippen LogP contribution in [0.4, 0.5) is 5.69 Å². The van der Waals surface area contributed by atoms with Gasteiger partial charge in [0.2, 0.25) is 0 Å². The van der Waals surface area contributed by atoms with Gasteiger partial charge in [-0.1, -0.05) is 23.8 Å². The van der Waals surface area contributed by atoms with Crippen LogP contribution in [0.1, 0.15) is 12.0 Å². The Labute approximate surface area is 117 Å². The number of anilines is 1. The van der Waals surface area contributed by atoms with Crippen molar-refractivity contribution in [3.8, 4) is 0 Å². The van der Waals surface area contributed by atoms with Crippen LogP contribution < -0.4 is 10.6 Å². The van der Waals surface area contributed by atoms with Crippen molar-refractivity contribution in [2.75, 3.05) is 23.5 Å². The SMILES string of the molecule is CN(c1ccc(Cl)cc1C(N)=S)C1CCSC1. The standard InChI is InChI=1S/C12H15ClN2S2/c1-15(9-4-5-17-7-9)11-3-2-8(13)6-10(11)12(14)16/h2-3,6,9H,4-5,7H2,1H3,(H2,14,16). The largest absolute Gasteiger partial charge is 0.389 e. The second-order valence-corrected chi connectivity index (χ2v) is 6.18. The number of nitrogens with two attached hydrogens (primary N) is 1. The van der Waals surface area contributed by atoms with E-state index in [-0.39, 0.29) is 0 Å². The molecule has 2 N–H and O–H groups in total. The van der Waals surface area contributed by atoms with Crippen LogP contribution in [-0.4, -0.2) is 29.6 Å². The highest BCUT2D eigenvalue weighted by Crippen LogP contribution is 2.29. The minimum absolute atomic E-state index is 0.403. The van der Waals surface area contributed by atoms with Crippen LogP contribution in [0.5, 0.6) is 0 Å². The normalized spacial score (nSPS) is 19.3. The van der Waals surface area contributed by atoms with Gasteiger partial charge in [0, 0.05) is 35.1 Å². The summed E-state index contributed by atoms with van der Waals surface area (Å²) in [6.07, 6.45) is 1.21. The van der Waals surface area contributed by atoms with Crippen LogP contribution in [0.15, 0.2) is 18.2 Å². The number of thiocarbonyl (C=S) groups is 1. The maximum absolute atomic E-state index is 5.99. The Bertz CT molecular complexity index is 431. The van der Waals surface area contributed by atoms with E-state index in [9.17, 15) is 0 Å². The molecule has 1 aliphatic heterocycles. The number of halogens is 1. The molecule has 0 radical (unpaired) electrons. The monoisotopic (exact) mass is 286 g/mol.